The number of benzene rings is 1. The number of hydrogen-bond donors (Lipinski definition) is 3. The zero-order valence-corrected chi connectivity index (χ0v) is 12.3. The molecule has 0 amide bonds. The molecule has 5 N–H and O–H groups in total. The van der Waals surface area contributed by atoms with Crippen LogP contribution >= 0.6 is 0 Å². The fraction of sp³-hybridized carbons (Fsp3) is 0.429. The molecule has 0 radical (unpaired) electrons. The summed E-state index contributed by atoms with van der Waals surface area (Å²) in [4.78, 5) is 5.89. The van der Waals surface area contributed by atoms with Gasteiger partial charge < -0.3 is 21.1 Å². The van der Waals surface area contributed by atoms with Crippen molar-refractivity contribution in [2.45, 2.75) is 31.7 Å². The zero-order valence-electron chi connectivity index (χ0n) is 12.3. The van der Waals surface area contributed by atoms with Crippen LogP contribution < -0.4 is 16.2 Å². The van der Waals surface area contributed by atoms with E-state index in [4.69, 9.17) is 16.9 Å². The summed E-state index contributed by atoms with van der Waals surface area (Å²) >= 11 is 0. The van der Waals surface area contributed by atoms with Gasteiger partial charge in [-0.25, -0.2) is 4.99 Å². The Morgan fingerprint density at radius 1 is 1.22 bits per heavy atom. The number of alkyl halides is 3. The van der Waals surface area contributed by atoms with Gasteiger partial charge in [0.1, 0.15) is 11.6 Å². The van der Waals surface area contributed by atoms with Crippen LogP contribution in [0.5, 0.6) is 5.75 Å². The smallest absolute Gasteiger partial charge is 0.406 e. The third-order valence-electron chi connectivity index (χ3n) is 3.48. The lowest BCUT2D eigenvalue weighted by Gasteiger charge is -2.35. The lowest BCUT2D eigenvalue weighted by atomic mass is 10.0. The molecule has 6 nitrogen and oxygen atoms in total. The number of nitrogens with one attached hydrogen (secondary N) is 1. The molecule has 9 heteroatoms. The second-order valence-corrected chi connectivity index (χ2v) is 5.17. The van der Waals surface area contributed by atoms with E-state index >= 15 is 0 Å². The number of nitrogens with zero attached hydrogens (tertiary/aromatic N) is 2. The monoisotopic (exact) mass is 329 g/mol. The maximum absolute atomic E-state index is 12.1. The average Bonchev–Trinajstić information content (AvgIpc) is 2.47. The molecule has 0 bridgehead atoms. The van der Waals surface area contributed by atoms with Crippen molar-refractivity contribution in [3.05, 3.63) is 24.3 Å². The normalized spacial score (nSPS) is 19.5. The predicted molar refractivity (Wildman–Crippen MR) is 80.7 cm³/mol. The lowest BCUT2D eigenvalue weighted by molar-refractivity contribution is -0.274. The van der Waals surface area contributed by atoms with Gasteiger partial charge in [0.05, 0.1) is 11.7 Å². The Labute approximate surface area is 131 Å². The van der Waals surface area contributed by atoms with E-state index < -0.39 is 6.36 Å². The van der Waals surface area contributed by atoms with E-state index in [0.29, 0.717) is 12.2 Å². The Hall–Kier alpha value is -2.45. The average molecular weight is 329 g/mol. The fourth-order valence-corrected chi connectivity index (χ4v) is 2.47. The highest BCUT2D eigenvalue weighted by Gasteiger charge is 2.31. The predicted octanol–water partition coefficient (Wildman–Crippen LogP) is 2.32. The standard InChI is InChI=1S/C14H18F3N5O/c15-14(16,17)23-10-6-4-9(5-7-10)21-12(18)11-3-1-2-8-22(11)13(19)20/h4-7,11H,1-3,8H2,(H2,18,21)(H3,19,20). The number of ether oxygens (including phenoxy) is 1. The summed E-state index contributed by atoms with van der Waals surface area (Å²) in [6.45, 7) is 0.634. The van der Waals surface area contributed by atoms with Crippen LogP contribution in [-0.4, -0.2) is 35.6 Å². The van der Waals surface area contributed by atoms with Gasteiger partial charge in [0, 0.05) is 6.54 Å². The number of rotatable bonds is 3. The Morgan fingerprint density at radius 2 is 1.87 bits per heavy atom. The van der Waals surface area contributed by atoms with Gasteiger partial charge >= 0.3 is 6.36 Å². The highest BCUT2D eigenvalue weighted by molar-refractivity contribution is 5.91. The van der Waals surface area contributed by atoms with Crippen LogP contribution in [0.4, 0.5) is 18.9 Å². The molecule has 0 aromatic heterocycles. The van der Waals surface area contributed by atoms with E-state index in [2.05, 4.69) is 9.73 Å². The summed E-state index contributed by atoms with van der Waals surface area (Å²) in [6.07, 6.45) is -2.13. The number of nitrogens with two attached hydrogens (primary N) is 2. The number of piperidine rings is 1. The highest BCUT2D eigenvalue weighted by Crippen LogP contribution is 2.25. The van der Waals surface area contributed by atoms with Gasteiger partial charge in [-0.2, -0.15) is 0 Å². The molecule has 1 saturated heterocycles. The fourth-order valence-electron chi connectivity index (χ4n) is 2.47. The molecule has 23 heavy (non-hydrogen) atoms. The van der Waals surface area contributed by atoms with Crippen molar-refractivity contribution >= 4 is 17.5 Å². The van der Waals surface area contributed by atoms with Crippen LogP contribution in [0, 0.1) is 5.41 Å². The second-order valence-electron chi connectivity index (χ2n) is 5.17. The molecule has 1 aromatic carbocycles. The molecule has 2 rings (SSSR count). The first-order valence-corrected chi connectivity index (χ1v) is 7.07. The molecule has 1 atom stereocenters. The van der Waals surface area contributed by atoms with Gasteiger partial charge in [-0.1, -0.05) is 0 Å². The molecule has 0 saturated carbocycles. The topological polar surface area (TPSA) is 101 Å². The van der Waals surface area contributed by atoms with E-state index in [9.17, 15) is 13.2 Å². The molecule has 0 aliphatic carbocycles. The number of aliphatic imine (C=N–C) groups is 1. The Morgan fingerprint density at radius 3 is 2.43 bits per heavy atom. The number of likely N-dealkylation sites (tertiary alicyclic amines) is 1. The van der Waals surface area contributed by atoms with E-state index in [-0.39, 0.29) is 23.6 Å². The molecule has 126 valence electrons. The van der Waals surface area contributed by atoms with E-state index in [0.717, 1.165) is 19.3 Å². The Balaban J connectivity index is 2.12. The van der Waals surface area contributed by atoms with E-state index in [1.54, 1.807) is 4.90 Å². The summed E-state index contributed by atoms with van der Waals surface area (Å²) in [6, 6.07) is 4.84. The van der Waals surface area contributed by atoms with Crippen molar-refractivity contribution in [2.75, 3.05) is 6.54 Å². The first-order chi connectivity index (χ1) is 10.8. The van der Waals surface area contributed by atoms with Gasteiger partial charge in [0.2, 0.25) is 0 Å². The second kappa shape index (κ2) is 6.76. The molecule has 1 heterocycles. The highest BCUT2D eigenvalue weighted by atomic mass is 19.4. The molecule has 1 aliphatic heterocycles. The summed E-state index contributed by atoms with van der Waals surface area (Å²) in [5.74, 6) is -0.107. The van der Waals surface area contributed by atoms with Crippen molar-refractivity contribution in [1.82, 2.24) is 4.90 Å². The minimum Gasteiger partial charge on any atom is -0.406 e. The number of halogens is 3. The summed E-state index contributed by atoms with van der Waals surface area (Å²) in [5.41, 5.74) is 11.9. The molecular formula is C14H18F3N5O. The third-order valence-corrected chi connectivity index (χ3v) is 3.48. The largest absolute Gasteiger partial charge is 0.573 e. The maximum Gasteiger partial charge on any atom is 0.573 e. The number of guanidine groups is 1. The molecular weight excluding hydrogens is 311 g/mol. The van der Waals surface area contributed by atoms with Crippen LogP contribution in [0.1, 0.15) is 19.3 Å². The van der Waals surface area contributed by atoms with Crippen LogP contribution in [0.25, 0.3) is 0 Å². The van der Waals surface area contributed by atoms with E-state index in [1.807, 2.05) is 0 Å². The molecule has 1 aliphatic rings. The molecule has 1 aromatic rings. The first kappa shape index (κ1) is 16.9. The van der Waals surface area contributed by atoms with Gasteiger partial charge in [-0.05, 0) is 43.5 Å². The maximum atomic E-state index is 12.1. The molecule has 1 unspecified atom stereocenters. The first-order valence-electron chi connectivity index (χ1n) is 7.07. The van der Waals surface area contributed by atoms with Gasteiger partial charge in [-0.3, -0.25) is 5.41 Å². The van der Waals surface area contributed by atoms with E-state index in [1.165, 1.54) is 24.3 Å². The van der Waals surface area contributed by atoms with Crippen molar-refractivity contribution in [2.24, 2.45) is 16.5 Å². The van der Waals surface area contributed by atoms with Crippen molar-refractivity contribution in [3.8, 4) is 5.75 Å². The minimum absolute atomic E-state index is 0.0678. The molecule has 0 spiro atoms. The Kier molecular flexibility index (Phi) is 4.97. The van der Waals surface area contributed by atoms with Gasteiger partial charge in [-0.15, -0.1) is 13.2 Å². The number of amidine groups is 1. The minimum atomic E-state index is -4.73. The summed E-state index contributed by atoms with van der Waals surface area (Å²) in [7, 11) is 0. The summed E-state index contributed by atoms with van der Waals surface area (Å²) in [5, 5.41) is 7.57. The summed E-state index contributed by atoms with van der Waals surface area (Å²) < 4.78 is 40.1. The van der Waals surface area contributed by atoms with Crippen molar-refractivity contribution in [1.29, 1.82) is 5.41 Å². The SMILES string of the molecule is N=C(N)N1CCCCC1C(N)=Nc1ccc(OC(F)(F)F)cc1. The lowest BCUT2D eigenvalue weighted by Crippen LogP contribution is -2.52. The molecule has 1 fully saturated rings. The Bertz CT molecular complexity index is 585. The zero-order chi connectivity index (χ0) is 17.0. The van der Waals surface area contributed by atoms with Crippen LogP contribution in [0.3, 0.4) is 0 Å². The van der Waals surface area contributed by atoms with Crippen LogP contribution in [-0.2, 0) is 0 Å². The van der Waals surface area contributed by atoms with Crippen LogP contribution in [0.15, 0.2) is 29.3 Å². The van der Waals surface area contributed by atoms with Crippen LogP contribution in [0.2, 0.25) is 0 Å². The quantitative estimate of drug-likeness (QED) is 0.585. The third kappa shape index (κ3) is 4.76. The van der Waals surface area contributed by atoms with Crippen molar-refractivity contribution < 1.29 is 17.9 Å². The van der Waals surface area contributed by atoms with Crippen molar-refractivity contribution in [3.63, 3.8) is 0 Å². The van der Waals surface area contributed by atoms with Gasteiger partial charge in [0.15, 0.2) is 5.96 Å². The number of hydrogen-bond acceptors (Lipinski definition) is 3. The van der Waals surface area contributed by atoms with Gasteiger partial charge in [0.25, 0.3) is 0 Å².